The average molecular weight is 397 g/mol. The topological polar surface area (TPSA) is 87.7 Å². The van der Waals surface area contributed by atoms with Gasteiger partial charge in [0.1, 0.15) is 5.60 Å². The first-order valence-corrected chi connectivity index (χ1v) is 10.1. The van der Waals surface area contributed by atoms with Crippen LogP contribution in [0.4, 0.5) is 11.4 Å². The molecule has 7 heteroatoms. The van der Waals surface area contributed by atoms with E-state index in [1.807, 2.05) is 12.2 Å². The molecule has 4 atom stereocenters. The SMILES string of the molecule is CC(=O)Nc1ccc(N2C[C@@]34C=C[C@H](O3)[C@H](C(=O)NCCC(C)C)[C@H]4C2=O)cc1. The van der Waals surface area contributed by atoms with Crippen LogP contribution in [0.5, 0.6) is 0 Å². The van der Waals surface area contributed by atoms with Crippen molar-refractivity contribution in [2.75, 3.05) is 23.3 Å². The van der Waals surface area contributed by atoms with Gasteiger partial charge in [-0.1, -0.05) is 26.0 Å². The largest absolute Gasteiger partial charge is 0.360 e. The van der Waals surface area contributed by atoms with Crippen LogP contribution >= 0.6 is 0 Å². The first kappa shape index (κ1) is 19.6. The molecule has 1 aromatic rings. The first-order valence-electron chi connectivity index (χ1n) is 10.1. The van der Waals surface area contributed by atoms with Gasteiger partial charge in [0.05, 0.1) is 24.5 Å². The summed E-state index contributed by atoms with van der Waals surface area (Å²) in [5.41, 5.74) is 0.663. The highest BCUT2D eigenvalue weighted by Crippen LogP contribution is 2.52. The van der Waals surface area contributed by atoms with E-state index in [0.717, 1.165) is 12.1 Å². The van der Waals surface area contributed by atoms with Gasteiger partial charge in [0.15, 0.2) is 0 Å². The van der Waals surface area contributed by atoms with Gasteiger partial charge >= 0.3 is 0 Å². The third kappa shape index (κ3) is 3.44. The summed E-state index contributed by atoms with van der Waals surface area (Å²) in [6, 6.07) is 7.13. The normalized spacial score (nSPS) is 29.4. The molecule has 2 saturated heterocycles. The molecule has 0 aliphatic carbocycles. The highest BCUT2D eigenvalue weighted by molar-refractivity contribution is 6.03. The lowest BCUT2D eigenvalue weighted by Gasteiger charge is -2.23. The number of hydrogen-bond donors (Lipinski definition) is 2. The fraction of sp³-hybridized carbons (Fsp3) is 0.500. The smallest absolute Gasteiger partial charge is 0.234 e. The van der Waals surface area contributed by atoms with E-state index in [-0.39, 0.29) is 23.8 Å². The number of benzene rings is 1. The summed E-state index contributed by atoms with van der Waals surface area (Å²) in [5.74, 6) is -0.849. The van der Waals surface area contributed by atoms with E-state index < -0.39 is 17.4 Å². The van der Waals surface area contributed by atoms with Gasteiger partial charge in [0.2, 0.25) is 17.7 Å². The van der Waals surface area contributed by atoms with Crippen molar-refractivity contribution in [2.45, 2.75) is 38.9 Å². The van der Waals surface area contributed by atoms with Crippen LogP contribution in [0.25, 0.3) is 0 Å². The molecule has 154 valence electrons. The molecule has 4 rings (SSSR count). The lowest BCUT2D eigenvalue weighted by molar-refractivity contribution is -0.131. The highest BCUT2D eigenvalue weighted by Gasteiger charge is 2.67. The minimum atomic E-state index is -0.738. The van der Waals surface area contributed by atoms with Crippen molar-refractivity contribution in [1.29, 1.82) is 0 Å². The third-order valence-electron chi connectivity index (χ3n) is 5.92. The van der Waals surface area contributed by atoms with Gasteiger partial charge in [0.25, 0.3) is 0 Å². The molecule has 2 N–H and O–H groups in total. The Kier molecular flexibility index (Phi) is 4.94. The van der Waals surface area contributed by atoms with Crippen LogP contribution in [0.15, 0.2) is 36.4 Å². The van der Waals surface area contributed by atoms with Crippen LogP contribution in [0.2, 0.25) is 0 Å². The Labute approximate surface area is 170 Å². The van der Waals surface area contributed by atoms with Crippen molar-refractivity contribution in [3.63, 3.8) is 0 Å². The minimum Gasteiger partial charge on any atom is -0.360 e. The zero-order valence-electron chi connectivity index (χ0n) is 17.0. The van der Waals surface area contributed by atoms with Gasteiger partial charge in [0, 0.05) is 24.8 Å². The number of hydrogen-bond acceptors (Lipinski definition) is 4. The van der Waals surface area contributed by atoms with Crippen LogP contribution < -0.4 is 15.5 Å². The minimum absolute atomic E-state index is 0.0897. The highest BCUT2D eigenvalue weighted by atomic mass is 16.5. The molecule has 1 spiro atoms. The molecule has 29 heavy (non-hydrogen) atoms. The standard InChI is InChI=1S/C22H27N3O4/c1-13(2)9-11-23-20(27)18-17-8-10-22(29-17)12-25(21(28)19(18)22)16-6-4-15(5-7-16)24-14(3)26/h4-8,10,13,17-19H,9,11-12H2,1-3H3,(H,23,27)(H,24,26)/t17-,18-,19-,22+/m0/s1. The Morgan fingerprint density at radius 3 is 2.66 bits per heavy atom. The molecule has 0 aromatic heterocycles. The molecule has 3 heterocycles. The number of nitrogens with zero attached hydrogens (tertiary/aromatic N) is 1. The number of ether oxygens (including phenoxy) is 1. The molecular weight excluding hydrogens is 370 g/mol. The summed E-state index contributed by atoms with van der Waals surface area (Å²) in [5, 5.41) is 5.70. The summed E-state index contributed by atoms with van der Waals surface area (Å²) < 4.78 is 6.15. The maximum atomic E-state index is 13.3. The molecule has 0 unspecified atom stereocenters. The second-order valence-corrected chi connectivity index (χ2v) is 8.53. The number of carbonyl (C=O) groups excluding carboxylic acids is 3. The molecule has 3 amide bonds. The van der Waals surface area contributed by atoms with Crippen molar-refractivity contribution in [1.82, 2.24) is 5.32 Å². The van der Waals surface area contributed by atoms with E-state index in [9.17, 15) is 14.4 Å². The second kappa shape index (κ2) is 7.30. The fourth-order valence-corrected chi connectivity index (χ4v) is 4.55. The van der Waals surface area contributed by atoms with E-state index in [1.54, 1.807) is 29.2 Å². The molecule has 7 nitrogen and oxygen atoms in total. The number of anilines is 2. The first-order chi connectivity index (χ1) is 13.8. The Morgan fingerprint density at radius 1 is 1.28 bits per heavy atom. The van der Waals surface area contributed by atoms with E-state index in [0.29, 0.717) is 24.7 Å². The van der Waals surface area contributed by atoms with Gasteiger partial charge in [-0.15, -0.1) is 0 Å². The van der Waals surface area contributed by atoms with Crippen LogP contribution in [0.1, 0.15) is 27.2 Å². The van der Waals surface area contributed by atoms with Gasteiger partial charge in [-0.25, -0.2) is 0 Å². The predicted octanol–water partition coefficient (Wildman–Crippen LogP) is 2.09. The Bertz CT molecular complexity index is 863. The number of fused-ring (bicyclic) bond motifs is 1. The van der Waals surface area contributed by atoms with Crippen LogP contribution in [-0.2, 0) is 19.1 Å². The Hall–Kier alpha value is -2.67. The van der Waals surface area contributed by atoms with E-state index in [1.165, 1.54) is 6.92 Å². The molecule has 0 radical (unpaired) electrons. The van der Waals surface area contributed by atoms with Crippen molar-refractivity contribution >= 4 is 29.1 Å². The van der Waals surface area contributed by atoms with E-state index in [2.05, 4.69) is 24.5 Å². The fourth-order valence-electron chi connectivity index (χ4n) is 4.55. The Morgan fingerprint density at radius 2 is 2.00 bits per heavy atom. The maximum absolute atomic E-state index is 13.3. The molecule has 0 saturated carbocycles. The average Bonchev–Trinajstić information content (AvgIpc) is 3.30. The van der Waals surface area contributed by atoms with Crippen molar-refractivity contribution < 1.29 is 19.1 Å². The molecular formula is C22H27N3O4. The lowest BCUT2D eigenvalue weighted by atomic mass is 9.77. The molecule has 3 aliphatic heterocycles. The summed E-state index contributed by atoms with van der Waals surface area (Å²) in [4.78, 5) is 39.0. The van der Waals surface area contributed by atoms with Gasteiger partial charge < -0.3 is 20.3 Å². The quantitative estimate of drug-likeness (QED) is 0.720. The maximum Gasteiger partial charge on any atom is 0.234 e. The zero-order chi connectivity index (χ0) is 20.8. The number of amides is 3. The number of carbonyl (C=O) groups is 3. The van der Waals surface area contributed by atoms with Crippen molar-refractivity contribution in [3.05, 3.63) is 36.4 Å². The second-order valence-electron chi connectivity index (χ2n) is 8.53. The number of rotatable bonds is 6. The summed E-state index contributed by atoms with van der Waals surface area (Å²) in [6.07, 6.45) is 4.42. The Balaban J connectivity index is 1.52. The molecule has 2 fully saturated rings. The van der Waals surface area contributed by atoms with Crippen LogP contribution in [0, 0.1) is 17.8 Å². The molecule has 3 aliphatic rings. The van der Waals surface area contributed by atoms with Gasteiger partial charge in [-0.2, -0.15) is 0 Å². The van der Waals surface area contributed by atoms with Gasteiger partial charge in [-0.3, -0.25) is 14.4 Å². The third-order valence-corrected chi connectivity index (χ3v) is 5.92. The lowest BCUT2D eigenvalue weighted by Crippen LogP contribution is -2.44. The molecule has 1 aromatic carbocycles. The van der Waals surface area contributed by atoms with E-state index in [4.69, 9.17) is 4.74 Å². The van der Waals surface area contributed by atoms with Crippen LogP contribution in [-0.4, -0.2) is 42.5 Å². The summed E-state index contributed by atoms with van der Waals surface area (Å²) in [6.45, 7) is 6.66. The van der Waals surface area contributed by atoms with Crippen LogP contribution in [0.3, 0.4) is 0 Å². The monoisotopic (exact) mass is 397 g/mol. The summed E-state index contributed by atoms with van der Waals surface area (Å²) in [7, 11) is 0. The van der Waals surface area contributed by atoms with Crippen molar-refractivity contribution in [2.24, 2.45) is 17.8 Å². The van der Waals surface area contributed by atoms with E-state index >= 15 is 0 Å². The molecule has 2 bridgehead atoms. The predicted molar refractivity (Wildman–Crippen MR) is 109 cm³/mol. The summed E-state index contributed by atoms with van der Waals surface area (Å²) >= 11 is 0. The van der Waals surface area contributed by atoms with Gasteiger partial charge in [-0.05, 0) is 36.6 Å². The zero-order valence-corrected chi connectivity index (χ0v) is 17.0. The van der Waals surface area contributed by atoms with Crippen molar-refractivity contribution in [3.8, 4) is 0 Å². The number of nitrogens with one attached hydrogen (secondary N) is 2.